The number of nitrogens with zero attached hydrogens (tertiary/aromatic N) is 1. The molecule has 1 aliphatic rings. The first kappa shape index (κ1) is 20.9. The van der Waals surface area contributed by atoms with Gasteiger partial charge in [0.25, 0.3) is 0 Å². The van der Waals surface area contributed by atoms with Crippen LogP contribution in [0.15, 0.2) is 115 Å². The van der Waals surface area contributed by atoms with Crippen molar-refractivity contribution in [1.29, 1.82) is 0 Å². The lowest BCUT2D eigenvalue weighted by atomic mass is 9.90. The lowest BCUT2D eigenvalue weighted by molar-refractivity contribution is 0.0972. The first-order chi connectivity index (χ1) is 17.8. The Morgan fingerprint density at radius 1 is 0.528 bits per heavy atom. The van der Waals surface area contributed by atoms with Crippen molar-refractivity contribution in [3.05, 3.63) is 126 Å². The van der Waals surface area contributed by atoms with Crippen molar-refractivity contribution in [3.63, 3.8) is 0 Å². The molecule has 5 aromatic carbocycles. The molecule has 0 spiro atoms. The van der Waals surface area contributed by atoms with Crippen LogP contribution in [0, 0.1) is 0 Å². The number of hydrogen-bond acceptors (Lipinski definition) is 1. The van der Waals surface area contributed by atoms with E-state index in [-0.39, 0.29) is 5.78 Å². The highest BCUT2D eigenvalue weighted by molar-refractivity contribution is 6.11. The Balaban J connectivity index is 1.50. The second-order valence-corrected chi connectivity index (χ2v) is 9.65. The van der Waals surface area contributed by atoms with Gasteiger partial charge in [-0.25, -0.2) is 0 Å². The fourth-order valence-electron chi connectivity index (χ4n) is 5.69. The van der Waals surface area contributed by atoms with Gasteiger partial charge in [-0.3, -0.25) is 4.79 Å². The lowest BCUT2D eigenvalue weighted by Crippen LogP contribution is -2.11. The minimum absolute atomic E-state index is 0.269. The predicted molar refractivity (Wildman–Crippen MR) is 149 cm³/mol. The summed E-state index contributed by atoms with van der Waals surface area (Å²) in [6.45, 7) is 0. The highest BCUT2D eigenvalue weighted by Gasteiger charge is 2.19. The van der Waals surface area contributed by atoms with Crippen LogP contribution in [0.1, 0.15) is 28.8 Å². The molecule has 2 heteroatoms. The molecule has 0 aliphatic heterocycles. The van der Waals surface area contributed by atoms with Crippen molar-refractivity contribution >= 4 is 27.6 Å². The number of aromatic nitrogens is 1. The van der Waals surface area contributed by atoms with Crippen molar-refractivity contribution in [2.24, 2.45) is 0 Å². The molecule has 0 unspecified atom stereocenters. The SMILES string of the molecule is O=C1CCCc2cc(-n3c4ccc(-c5ccccc5)cc4c4cc(-c5ccccc5)ccc43)ccc21. The average Bonchev–Trinajstić information content (AvgIpc) is 3.27. The van der Waals surface area contributed by atoms with E-state index in [0.29, 0.717) is 6.42 Å². The highest BCUT2D eigenvalue weighted by Crippen LogP contribution is 2.37. The Hall–Kier alpha value is -4.43. The number of Topliss-reactive ketones (excluding diaryl/α,β-unsaturated/α-hetero) is 1. The highest BCUT2D eigenvalue weighted by atomic mass is 16.1. The molecule has 0 atom stereocenters. The lowest BCUT2D eigenvalue weighted by Gasteiger charge is -2.17. The van der Waals surface area contributed by atoms with Crippen LogP contribution in [0.3, 0.4) is 0 Å². The second-order valence-electron chi connectivity index (χ2n) is 9.65. The van der Waals surface area contributed by atoms with Crippen molar-refractivity contribution in [2.75, 3.05) is 0 Å². The van der Waals surface area contributed by atoms with E-state index < -0.39 is 0 Å². The number of ketones is 1. The molecule has 0 bridgehead atoms. The maximum absolute atomic E-state index is 12.4. The van der Waals surface area contributed by atoms with E-state index >= 15 is 0 Å². The summed E-state index contributed by atoms with van der Waals surface area (Å²) in [5.41, 5.74) is 10.4. The van der Waals surface area contributed by atoms with Crippen LogP contribution in [-0.4, -0.2) is 10.4 Å². The van der Waals surface area contributed by atoms with Gasteiger partial charge in [0.1, 0.15) is 0 Å². The fraction of sp³-hybridized carbons (Fsp3) is 0.0882. The number of fused-ring (bicyclic) bond motifs is 4. The molecule has 172 valence electrons. The van der Waals surface area contributed by atoms with Crippen LogP contribution in [0.2, 0.25) is 0 Å². The summed E-state index contributed by atoms with van der Waals surface area (Å²) in [6.07, 6.45) is 2.55. The molecule has 36 heavy (non-hydrogen) atoms. The molecule has 0 fully saturated rings. The molecular formula is C34H25NO. The standard InChI is InChI=1S/C34H25NO/c36-34-13-7-12-27-20-28(16-17-29(27)34)35-32-18-14-25(23-8-3-1-4-9-23)21-30(32)31-22-26(15-19-33(31)35)24-10-5-2-6-11-24/h1-6,8-11,14-22H,7,12-13H2. The summed E-state index contributed by atoms with van der Waals surface area (Å²) in [6, 6.07) is 41.0. The molecule has 2 nitrogen and oxygen atoms in total. The van der Waals surface area contributed by atoms with Crippen molar-refractivity contribution in [3.8, 4) is 27.9 Å². The number of aryl methyl sites for hydroxylation is 1. The number of rotatable bonds is 3. The van der Waals surface area contributed by atoms with E-state index in [9.17, 15) is 4.79 Å². The van der Waals surface area contributed by atoms with Gasteiger partial charge in [-0.05, 0) is 83.1 Å². The van der Waals surface area contributed by atoms with Crippen molar-refractivity contribution < 1.29 is 4.79 Å². The van der Waals surface area contributed by atoms with Crippen LogP contribution in [0.5, 0.6) is 0 Å². The second kappa shape index (κ2) is 8.35. The molecular weight excluding hydrogens is 438 g/mol. The molecule has 6 aromatic rings. The zero-order valence-electron chi connectivity index (χ0n) is 19.9. The van der Waals surface area contributed by atoms with Crippen LogP contribution in [-0.2, 0) is 6.42 Å². The number of carbonyl (C=O) groups excluding carboxylic acids is 1. The summed E-state index contributed by atoms with van der Waals surface area (Å²) in [5.74, 6) is 0.269. The summed E-state index contributed by atoms with van der Waals surface area (Å²) in [4.78, 5) is 12.4. The summed E-state index contributed by atoms with van der Waals surface area (Å²) in [7, 11) is 0. The molecule has 1 aliphatic carbocycles. The molecule has 1 heterocycles. The van der Waals surface area contributed by atoms with Crippen LogP contribution >= 0.6 is 0 Å². The van der Waals surface area contributed by atoms with Gasteiger partial charge in [0.15, 0.2) is 5.78 Å². The Kier molecular flexibility index (Phi) is 4.85. The van der Waals surface area contributed by atoms with Gasteiger partial charge in [-0.15, -0.1) is 0 Å². The van der Waals surface area contributed by atoms with Gasteiger partial charge in [0, 0.05) is 28.4 Å². The first-order valence-electron chi connectivity index (χ1n) is 12.6. The topological polar surface area (TPSA) is 22.0 Å². The Labute approximate surface area is 210 Å². The molecule has 7 rings (SSSR count). The minimum atomic E-state index is 0.269. The smallest absolute Gasteiger partial charge is 0.163 e. The maximum Gasteiger partial charge on any atom is 0.163 e. The summed E-state index contributed by atoms with van der Waals surface area (Å²) >= 11 is 0. The molecule has 1 aromatic heterocycles. The molecule has 0 radical (unpaired) electrons. The molecule has 0 saturated heterocycles. The van der Waals surface area contributed by atoms with E-state index in [1.807, 2.05) is 6.07 Å². The van der Waals surface area contributed by atoms with E-state index in [4.69, 9.17) is 0 Å². The van der Waals surface area contributed by atoms with Crippen molar-refractivity contribution in [2.45, 2.75) is 19.3 Å². The number of benzene rings is 5. The van der Waals surface area contributed by atoms with Gasteiger partial charge in [-0.2, -0.15) is 0 Å². The van der Waals surface area contributed by atoms with Gasteiger partial charge in [0.05, 0.1) is 11.0 Å². The van der Waals surface area contributed by atoms with E-state index in [2.05, 4.69) is 114 Å². The third-order valence-corrected chi connectivity index (χ3v) is 7.48. The zero-order valence-corrected chi connectivity index (χ0v) is 19.9. The van der Waals surface area contributed by atoms with E-state index in [0.717, 1.165) is 24.1 Å². The summed E-state index contributed by atoms with van der Waals surface area (Å²) in [5, 5.41) is 2.47. The first-order valence-corrected chi connectivity index (χ1v) is 12.6. The zero-order chi connectivity index (χ0) is 24.1. The molecule has 0 amide bonds. The Bertz CT molecular complexity index is 1660. The average molecular weight is 464 g/mol. The Morgan fingerprint density at radius 3 is 1.69 bits per heavy atom. The predicted octanol–water partition coefficient (Wildman–Crippen LogP) is 8.64. The van der Waals surface area contributed by atoms with Crippen molar-refractivity contribution in [1.82, 2.24) is 4.57 Å². The maximum atomic E-state index is 12.4. The third kappa shape index (κ3) is 3.37. The largest absolute Gasteiger partial charge is 0.309 e. The van der Waals surface area contributed by atoms with Crippen LogP contribution in [0.4, 0.5) is 0 Å². The quantitative estimate of drug-likeness (QED) is 0.257. The number of hydrogen-bond donors (Lipinski definition) is 0. The minimum Gasteiger partial charge on any atom is -0.309 e. The summed E-state index contributed by atoms with van der Waals surface area (Å²) < 4.78 is 2.35. The fourth-order valence-corrected chi connectivity index (χ4v) is 5.69. The van der Waals surface area contributed by atoms with Gasteiger partial charge in [0.2, 0.25) is 0 Å². The van der Waals surface area contributed by atoms with E-state index in [1.165, 1.54) is 49.6 Å². The van der Waals surface area contributed by atoms with Gasteiger partial charge < -0.3 is 4.57 Å². The third-order valence-electron chi connectivity index (χ3n) is 7.48. The van der Waals surface area contributed by atoms with Gasteiger partial charge >= 0.3 is 0 Å². The molecule has 0 saturated carbocycles. The van der Waals surface area contributed by atoms with Crippen LogP contribution in [0.25, 0.3) is 49.7 Å². The Morgan fingerprint density at radius 2 is 1.11 bits per heavy atom. The monoisotopic (exact) mass is 463 g/mol. The van der Waals surface area contributed by atoms with Crippen LogP contribution < -0.4 is 0 Å². The number of carbonyl (C=O) groups is 1. The molecule has 0 N–H and O–H groups in total. The normalized spacial score (nSPS) is 13.3. The van der Waals surface area contributed by atoms with E-state index in [1.54, 1.807) is 0 Å². The van der Waals surface area contributed by atoms with Gasteiger partial charge in [-0.1, -0.05) is 72.8 Å².